The van der Waals surface area contributed by atoms with Crippen LogP contribution in [0.1, 0.15) is 58.8 Å². The number of hydrogen-bond donors (Lipinski definition) is 2. The second-order valence-corrected chi connectivity index (χ2v) is 9.14. The summed E-state index contributed by atoms with van der Waals surface area (Å²) >= 11 is 0. The molecule has 186 valence electrons. The predicted octanol–water partition coefficient (Wildman–Crippen LogP) is 7.12. The Morgan fingerprint density at radius 1 is 1.06 bits per heavy atom. The van der Waals surface area contributed by atoms with E-state index in [0.717, 1.165) is 29.8 Å². The van der Waals surface area contributed by atoms with Gasteiger partial charge < -0.3 is 15.2 Å². The van der Waals surface area contributed by atoms with E-state index in [9.17, 15) is 14.3 Å². The van der Waals surface area contributed by atoms with Crippen molar-refractivity contribution in [1.29, 1.82) is 0 Å². The number of ether oxygens (including phenoxy) is 1. The molecule has 4 aromatic rings. The Labute approximate surface area is 216 Å². The van der Waals surface area contributed by atoms with E-state index in [1.165, 1.54) is 28.5 Å². The highest BCUT2D eigenvalue weighted by atomic mass is 35.5. The van der Waals surface area contributed by atoms with Crippen LogP contribution in [0.2, 0.25) is 0 Å². The van der Waals surface area contributed by atoms with E-state index in [2.05, 4.69) is 54.7 Å². The van der Waals surface area contributed by atoms with Gasteiger partial charge in [0.25, 0.3) is 0 Å². The molecule has 1 aliphatic rings. The van der Waals surface area contributed by atoms with Crippen molar-refractivity contribution in [2.24, 2.45) is 0 Å². The molecule has 4 aromatic carbocycles. The Kier molecular flexibility index (Phi) is 7.92. The zero-order valence-electron chi connectivity index (χ0n) is 20.0. The number of carboxylic acids is 1. The van der Waals surface area contributed by atoms with Gasteiger partial charge in [0.15, 0.2) is 0 Å². The molecular weight excluding hydrogens is 477 g/mol. The molecule has 0 saturated carbocycles. The normalized spacial score (nSPS) is 17.5. The minimum atomic E-state index is -1.26. The van der Waals surface area contributed by atoms with Gasteiger partial charge >= 0.3 is 5.97 Å². The van der Waals surface area contributed by atoms with E-state index < -0.39 is 11.8 Å². The molecule has 3 atom stereocenters. The van der Waals surface area contributed by atoms with E-state index in [4.69, 9.17) is 4.74 Å². The zero-order chi connectivity index (χ0) is 24.4. The molecule has 6 heteroatoms. The van der Waals surface area contributed by atoms with Crippen LogP contribution in [0.5, 0.6) is 5.75 Å². The van der Waals surface area contributed by atoms with Gasteiger partial charge in [-0.15, -0.1) is 12.4 Å². The average molecular weight is 506 g/mol. The van der Waals surface area contributed by atoms with Crippen LogP contribution in [-0.4, -0.2) is 23.7 Å². The highest BCUT2D eigenvalue weighted by Crippen LogP contribution is 2.41. The molecule has 0 radical (unpaired) electrons. The largest absolute Gasteiger partial charge is 0.490 e. The summed E-state index contributed by atoms with van der Waals surface area (Å²) in [5, 5.41) is 15.5. The molecule has 5 rings (SSSR count). The SMILES string of the molecule is CC(NCC[C@H]1C[C@@H](c2ccc(F)c(C(=O)O)c2)c2ccccc2O1)c1cccc2ccccc12.Cl. The second kappa shape index (κ2) is 11.1. The Bertz CT molecular complexity index is 1370. The van der Waals surface area contributed by atoms with Crippen LogP contribution in [0.25, 0.3) is 10.8 Å². The molecule has 0 amide bonds. The number of carbonyl (C=O) groups is 1. The van der Waals surface area contributed by atoms with Gasteiger partial charge in [0.2, 0.25) is 0 Å². The number of hydrogen-bond acceptors (Lipinski definition) is 3. The lowest BCUT2D eigenvalue weighted by Gasteiger charge is -2.33. The zero-order valence-corrected chi connectivity index (χ0v) is 20.8. The molecule has 0 spiro atoms. The van der Waals surface area contributed by atoms with Crippen LogP contribution in [0, 0.1) is 5.82 Å². The third-order valence-electron chi connectivity index (χ3n) is 6.92. The Morgan fingerprint density at radius 3 is 2.64 bits per heavy atom. The van der Waals surface area contributed by atoms with E-state index in [-0.39, 0.29) is 36.0 Å². The van der Waals surface area contributed by atoms with E-state index >= 15 is 0 Å². The van der Waals surface area contributed by atoms with Crippen LogP contribution in [0.3, 0.4) is 0 Å². The van der Waals surface area contributed by atoms with E-state index in [0.29, 0.717) is 6.42 Å². The monoisotopic (exact) mass is 505 g/mol. The first kappa shape index (κ1) is 25.7. The van der Waals surface area contributed by atoms with Crippen molar-refractivity contribution < 1.29 is 19.0 Å². The van der Waals surface area contributed by atoms with Gasteiger partial charge in [-0.25, -0.2) is 9.18 Å². The first-order valence-electron chi connectivity index (χ1n) is 12.0. The fraction of sp³-hybridized carbons (Fsp3) is 0.233. The van der Waals surface area contributed by atoms with Crippen LogP contribution in [-0.2, 0) is 0 Å². The van der Waals surface area contributed by atoms with Gasteiger partial charge in [-0.1, -0.05) is 66.7 Å². The molecule has 0 aromatic heterocycles. The fourth-order valence-electron chi connectivity index (χ4n) is 5.11. The number of fused-ring (bicyclic) bond motifs is 2. The molecule has 2 N–H and O–H groups in total. The molecule has 4 nitrogen and oxygen atoms in total. The Hall–Kier alpha value is -3.41. The van der Waals surface area contributed by atoms with Crippen LogP contribution in [0.4, 0.5) is 4.39 Å². The topological polar surface area (TPSA) is 58.6 Å². The second-order valence-electron chi connectivity index (χ2n) is 9.14. The maximum Gasteiger partial charge on any atom is 0.338 e. The summed E-state index contributed by atoms with van der Waals surface area (Å²) < 4.78 is 20.3. The van der Waals surface area contributed by atoms with E-state index in [1.807, 2.05) is 24.3 Å². The lowest BCUT2D eigenvalue weighted by Crippen LogP contribution is -2.31. The summed E-state index contributed by atoms with van der Waals surface area (Å²) in [6.45, 7) is 2.95. The molecule has 36 heavy (non-hydrogen) atoms. The number of halogens is 2. The minimum absolute atomic E-state index is 0. The lowest BCUT2D eigenvalue weighted by atomic mass is 9.83. The molecule has 0 saturated heterocycles. The van der Waals surface area contributed by atoms with Gasteiger partial charge in [0, 0.05) is 17.5 Å². The van der Waals surface area contributed by atoms with Crippen molar-refractivity contribution in [3.63, 3.8) is 0 Å². The van der Waals surface area contributed by atoms with Crippen molar-refractivity contribution in [3.05, 3.63) is 113 Å². The number of nitrogens with one attached hydrogen (secondary N) is 1. The van der Waals surface area contributed by atoms with Crippen molar-refractivity contribution in [2.75, 3.05) is 6.54 Å². The first-order valence-corrected chi connectivity index (χ1v) is 12.0. The number of aromatic carboxylic acids is 1. The summed E-state index contributed by atoms with van der Waals surface area (Å²) in [6, 6.07) is 27.2. The van der Waals surface area contributed by atoms with Gasteiger partial charge in [0.1, 0.15) is 17.7 Å². The number of rotatable bonds is 7. The summed E-state index contributed by atoms with van der Waals surface area (Å²) in [5.74, 6) is -1.23. The summed E-state index contributed by atoms with van der Waals surface area (Å²) in [7, 11) is 0. The van der Waals surface area contributed by atoms with E-state index in [1.54, 1.807) is 6.07 Å². The molecule has 1 heterocycles. The van der Waals surface area contributed by atoms with Gasteiger partial charge in [0.05, 0.1) is 5.56 Å². The number of benzene rings is 4. The fourth-order valence-corrected chi connectivity index (χ4v) is 5.11. The lowest BCUT2D eigenvalue weighted by molar-refractivity contribution is 0.0691. The molecule has 0 bridgehead atoms. The first-order chi connectivity index (χ1) is 17.0. The van der Waals surface area contributed by atoms with Crippen molar-refractivity contribution >= 4 is 29.1 Å². The molecule has 0 aliphatic carbocycles. The summed E-state index contributed by atoms with van der Waals surface area (Å²) in [6.07, 6.45) is 1.46. The molecule has 1 aliphatic heterocycles. The molecular formula is C30H29ClFNO3. The smallest absolute Gasteiger partial charge is 0.338 e. The maximum absolute atomic E-state index is 14.0. The van der Waals surface area contributed by atoms with Gasteiger partial charge in [-0.3, -0.25) is 0 Å². The quantitative estimate of drug-likeness (QED) is 0.280. The maximum atomic E-state index is 14.0. The third-order valence-corrected chi connectivity index (χ3v) is 6.92. The van der Waals surface area contributed by atoms with Crippen LogP contribution in [0.15, 0.2) is 84.9 Å². The Balaban J connectivity index is 0.00000304. The Morgan fingerprint density at radius 2 is 1.81 bits per heavy atom. The van der Waals surface area contributed by atoms with Crippen molar-refractivity contribution in [2.45, 2.75) is 37.8 Å². The van der Waals surface area contributed by atoms with Crippen molar-refractivity contribution in [1.82, 2.24) is 5.32 Å². The third kappa shape index (κ3) is 5.23. The summed E-state index contributed by atoms with van der Waals surface area (Å²) in [4.78, 5) is 11.5. The van der Waals surface area contributed by atoms with Crippen molar-refractivity contribution in [3.8, 4) is 5.75 Å². The predicted molar refractivity (Wildman–Crippen MR) is 143 cm³/mol. The standard InChI is InChI=1S/C30H28FNO3.ClH/c1-19(23-11-6-8-20-7-2-3-9-24(20)23)32-16-15-22-18-26(25-10-4-5-12-29(25)35-22)21-13-14-28(31)27(17-21)30(33)34;/h2-14,17,19,22,26,32H,15-16,18H2,1H3,(H,33,34);1H/t19?,22-,26-;/m0./s1. The highest BCUT2D eigenvalue weighted by molar-refractivity contribution is 5.88. The molecule has 0 fully saturated rings. The highest BCUT2D eigenvalue weighted by Gasteiger charge is 2.30. The van der Waals surface area contributed by atoms with Gasteiger partial charge in [-0.05, 0) is 66.4 Å². The average Bonchev–Trinajstić information content (AvgIpc) is 2.88. The molecule has 1 unspecified atom stereocenters. The van der Waals surface area contributed by atoms with Crippen LogP contribution < -0.4 is 10.1 Å². The number of para-hydroxylation sites is 1. The summed E-state index contributed by atoms with van der Waals surface area (Å²) in [5.41, 5.74) is 2.77. The number of carboxylic acid groups (broad SMARTS) is 1. The minimum Gasteiger partial charge on any atom is -0.490 e. The van der Waals surface area contributed by atoms with Crippen LogP contribution >= 0.6 is 12.4 Å². The van der Waals surface area contributed by atoms with Gasteiger partial charge in [-0.2, -0.15) is 0 Å².